The number of rotatable bonds is 5. The van der Waals surface area contributed by atoms with E-state index in [1.165, 1.54) is 5.56 Å². The van der Waals surface area contributed by atoms with E-state index in [2.05, 4.69) is 46.2 Å². The van der Waals surface area contributed by atoms with Crippen molar-refractivity contribution < 1.29 is 0 Å². The Balaban J connectivity index is 1.35. The van der Waals surface area contributed by atoms with Gasteiger partial charge in [-0.2, -0.15) is 4.52 Å². The van der Waals surface area contributed by atoms with Crippen LogP contribution in [-0.2, 0) is 12.0 Å². The van der Waals surface area contributed by atoms with E-state index >= 15 is 0 Å². The third-order valence-electron chi connectivity index (χ3n) is 4.71. The molecule has 4 rings (SSSR count). The van der Waals surface area contributed by atoms with Crippen molar-refractivity contribution in [2.75, 3.05) is 24.5 Å². The van der Waals surface area contributed by atoms with E-state index in [-0.39, 0.29) is 5.41 Å². The number of hydrogen-bond donors (Lipinski definition) is 1. The Bertz CT molecular complexity index is 876. The summed E-state index contributed by atoms with van der Waals surface area (Å²) < 4.78 is 1.88. The molecule has 0 spiro atoms. The minimum absolute atomic E-state index is 0.0839. The predicted molar refractivity (Wildman–Crippen MR) is 101 cm³/mol. The second-order valence-corrected chi connectivity index (χ2v) is 7.99. The van der Waals surface area contributed by atoms with E-state index in [4.69, 9.17) is 5.10 Å². The van der Waals surface area contributed by atoms with Gasteiger partial charge in [0.25, 0.3) is 0 Å². The van der Waals surface area contributed by atoms with Crippen molar-refractivity contribution in [3.63, 3.8) is 0 Å². The number of aromatic nitrogens is 5. The molecule has 0 saturated carbocycles. The topological polar surface area (TPSA) is 71.2 Å². The molecule has 7 nitrogen and oxygen atoms in total. The van der Waals surface area contributed by atoms with Gasteiger partial charge in [-0.05, 0) is 29.8 Å². The normalized spacial score (nSPS) is 15.4. The first kappa shape index (κ1) is 16.9. The maximum absolute atomic E-state index is 4.78. The summed E-state index contributed by atoms with van der Waals surface area (Å²) in [7, 11) is 0. The first-order valence-corrected chi connectivity index (χ1v) is 9.08. The minimum atomic E-state index is -0.0839. The largest absolute Gasteiger partial charge is 0.354 e. The van der Waals surface area contributed by atoms with Crippen molar-refractivity contribution in [2.24, 2.45) is 5.92 Å². The number of nitrogens with one attached hydrogen (secondary N) is 1. The van der Waals surface area contributed by atoms with Gasteiger partial charge in [0.2, 0.25) is 0 Å². The molecule has 1 fully saturated rings. The lowest BCUT2D eigenvalue weighted by Gasteiger charge is -2.40. The molecule has 0 unspecified atom stereocenters. The van der Waals surface area contributed by atoms with Crippen LogP contribution in [0, 0.1) is 5.92 Å². The van der Waals surface area contributed by atoms with E-state index in [0.29, 0.717) is 5.92 Å². The Morgan fingerprint density at radius 2 is 1.85 bits per heavy atom. The van der Waals surface area contributed by atoms with E-state index in [0.717, 1.165) is 43.5 Å². The molecule has 3 aromatic rings. The zero-order valence-corrected chi connectivity index (χ0v) is 15.6. The summed E-state index contributed by atoms with van der Waals surface area (Å²) in [5.41, 5.74) is 1.99. The summed E-state index contributed by atoms with van der Waals surface area (Å²) in [5, 5.41) is 16.9. The van der Waals surface area contributed by atoms with Crippen LogP contribution in [0.4, 0.5) is 5.82 Å². The lowest BCUT2D eigenvalue weighted by molar-refractivity contribution is 0.380. The summed E-state index contributed by atoms with van der Waals surface area (Å²) in [6.45, 7) is 10.3. The van der Waals surface area contributed by atoms with Gasteiger partial charge in [0.1, 0.15) is 5.82 Å². The van der Waals surface area contributed by atoms with Gasteiger partial charge < -0.3 is 10.2 Å². The lowest BCUT2D eigenvalue weighted by Crippen LogP contribution is -2.51. The first-order chi connectivity index (χ1) is 12.5. The average Bonchev–Trinajstić information content (AvgIpc) is 3.01. The lowest BCUT2D eigenvalue weighted by atomic mass is 9.96. The molecule has 0 aliphatic carbocycles. The number of hydrogen-bond acceptors (Lipinski definition) is 6. The van der Waals surface area contributed by atoms with Gasteiger partial charge in [-0.15, -0.1) is 15.3 Å². The summed E-state index contributed by atoms with van der Waals surface area (Å²) in [5.74, 6) is 2.54. The summed E-state index contributed by atoms with van der Waals surface area (Å²) >= 11 is 0. The molecule has 0 atom stereocenters. The molecule has 0 bridgehead atoms. The molecule has 1 aliphatic heterocycles. The van der Waals surface area contributed by atoms with Crippen molar-refractivity contribution in [2.45, 2.75) is 32.7 Å². The van der Waals surface area contributed by atoms with Gasteiger partial charge >= 0.3 is 0 Å². The highest BCUT2D eigenvalue weighted by molar-refractivity contribution is 5.47. The molecule has 1 saturated heterocycles. The van der Waals surface area contributed by atoms with Crippen molar-refractivity contribution in [1.29, 1.82) is 0 Å². The molecular weight excluding hydrogens is 326 g/mol. The zero-order valence-electron chi connectivity index (χ0n) is 15.6. The average molecular weight is 351 g/mol. The fourth-order valence-electron chi connectivity index (χ4n) is 3.22. The van der Waals surface area contributed by atoms with Crippen LogP contribution in [0.15, 0.2) is 36.7 Å². The van der Waals surface area contributed by atoms with E-state index in [9.17, 15) is 0 Å². The third kappa shape index (κ3) is 3.39. The van der Waals surface area contributed by atoms with Crippen LogP contribution in [0.5, 0.6) is 0 Å². The van der Waals surface area contributed by atoms with Gasteiger partial charge in [-0.1, -0.05) is 20.8 Å². The Morgan fingerprint density at radius 1 is 1.08 bits per heavy atom. The van der Waals surface area contributed by atoms with Crippen LogP contribution >= 0.6 is 0 Å². The highest BCUT2D eigenvalue weighted by Crippen LogP contribution is 2.25. The van der Waals surface area contributed by atoms with Crippen LogP contribution in [0.25, 0.3) is 5.65 Å². The Kier molecular flexibility index (Phi) is 4.32. The molecule has 26 heavy (non-hydrogen) atoms. The standard InChI is InChI=1S/C19H25N7/c1-19(2,3)18-23-22-16-4-5-17(24-26(16)18)25-12-15(13-25)11-21-10-14-6-8-20-9-7-14/h4-9,15,21H,10-13H2,1-3H3. The molecule has 1 N–H and O–H groups in total. The third-order valence-corrected chi connectivity index (χ3v) is 4.71. The minimum Gasteiger partial charge on any atom is -0.354 e. The number of pyridine rings is 1. The SMILES string of the molecule is CC(C)(C)c1nnc2ccc(N3CC(CNCc4ccncc4)C3)nn12. The van der Waals surface area contributed by atoms with Crippen molar-refractivity contribution in [3.8, 4) is 0 Å². The van der Waals surface area contributed by atoms with Gasteiger partial charge in [-0.25, -0.2) is 0 Å². The quantitative estimate of drug-likeness (QED) is 0.758. The smallest absolute Gasteiger partial charge is 0.178 e. The van der Waals surface area contributed by atoms with Gasteiger partial charge in [0.15, 0.2) is 11.5 Å². The Labute approximate surface area is 153 Å². The van der Waals surface area contributed by atoms with E-state index < -0.39 is 0 Å². The first-order valence-electron chi connectivity index (χ1n) is 9.08. The fraction of sp³-hybridized carbons (Fsp3) is 0.474. The molecule has 0 aromatic carbocycles. The van der Waals surface area contributed by atoms with Crippen molar-refractivity contribution >= 4 is 11.5 Å². The Morgan fingerprint density at radius 3 is 2.58 bits per heavy atom. The Hall–Kier alpha value is -2.54. The monoisotopic (exact) mass is 351 g/mol. The molecule has 0 amide bonds. The van der Waals surface area contributed by atoms with Crippen LogP contribution < -0.4 is 10.2 Å². The van der Waals surface area contributed by atoms with E-state index in [1.54, 1.807) is 0 Å². The highest BCUT2D eigenvalue weighted by Gasteiger charge is 2.28. The van der Waals surface area contributed by atoms with Gasteiger partial charge in [-0.3, -0.25) is 4.98 Å². The second-order valence-electron chi connectivity index (χ2n) is 7.99. The number of nitrogens with zero attached hydrogens (tertiary/aromatic N) is 6. The van der Waals surface area contributed by atoms with Crippen molar-refractivity contribution in [1.82, 2.24) is 30.1 Å². The zero-order chi connectivity index (χ0) is 18.1. The van der Waals surface area contributed by atoms with Crippen LogP contribution in [0.3, 0.4) is 0 Å². The van der Waals surface area contributed by atoms with Gasteiger partial charge in [0, 0.05) is 49.9 Å². The molecule has 7 heteroatoms. The predicted octanol–water partition coefficient (Wildman–Crippen LogP) is 2.04. The highest BCUT2D eigenvalue weighted by atomic mass is 15.4. The summed E-state index contributed by atoms with van der Waals surface area (Å²) in [6, 6.07) is 8.13. The summed E-state index contributed by atoms with van der Waals surface area (Å²) in [4.78, 5) is 6.36. The number of anilines is 1. The van der Waals surface area contributed by atoms with Crippen LogP contribution in [-0.4, -0.2) is 44.4 Å². The van der Waals surface area contributed by atoms with Crippen molar-refractivity contribution in [3.05, 3.63) is 48.0 Å². The van der Waals surface area contributed by atoms with Gasteiger partial charge in [0.05, 0.1) is 0 Å². The summed E-state index contributed by atoms with van der Waals surface area (Å²) in [6.07, 6.45) is 3.67. The molecule has 136 valence electrons. The second kappa shape index (κ2) is 6.64. The molecule has 1 aliphatic rings. The molecular formula is C19H25N7. The van der Waals surface area contributed by atoms with E-state index in [1.807, 2.05) is 41.2 Å². The number of fused-ring (bicyclic) bond motifs is 1. The molecule has 4 heterocycles. The fourth-order valence-corrected chi connectivity index (χ4v) is 3.22. The molecule has 3 aromatic heterocycles. The van der Waals surface area contributed by atoms with Crippen LogP contribution in [0.2, 0.25) is 0 Å². The van der Waals surface area contributed by atoms with Crippen LogP contribution in [0.1, 0.15) is 32.2 Å². The maximum Gasteiger partial charge on any atom is 0.178 e. The maximum atomic E-state index is 4.78. The molecule has 0 radical (unpaired) electrons.